The predicted molar refractivity (Wildman–Crippen MR) is 60.4 cm³/mol. The first-order valence-electron chi connectivity index (χ1n) is 5.12. The van der Waals surface area contributed by atoms with E-state index in [1.54, 1.807) is 19.4 Å². The lowest BCUT2D eigenvalue weighted by molar-refractivity contribution is 0.241. The number of nitrogens with zero attached hydrogens (tertiary/aromatic N) is 1. The largest absolute Gasteiger partial charge is 0.481 e. The lowest BCUT2D eigenvalue weighted by Gasteiger charge is -2.42. The van der Waals surface area contributed by atoms with Crippen molar-refractivity contribution in [1.82, 2.24) is 4.98 Å². The van der Waals surface area contributed by atoms with Crippen molar-refractivity contribution in [1.29, 1.82) is 0 Å². The monoisotopic (exact) mass is 226 g/mol. The van der Waals surface area contributed by atoms with E-state index >= 15 is 0 Å². The van der Waals surface area contributed by atoms with Gasteiger partial charge in [0, 0.05) is 23.7 Å². The molecule has 1 aliphatic carbocycles. The maximum atomic E-state index is 6.21. The summed E-state index contributed by atoms with van der Waals surface area (Å²) < 4.78 is 5.26. The summed E-state index contributed by atoms with van der Waals surface area (Å²) in [5.74, 6) is 0.618. The Morgan fingerprint density at radius 2 is 2.33 bits per heavy atom. The molecular weight excluding hydrogens is 212 g/mol. The van der Waals surface area contributed by atoms with E-state index in [-0.39, 0.29) is 5.41 Å². The topological polar surface area (TPSA) is 48.1 Å². The Labute approximate surface area is 94.6 Å². The van der Waals surface area contributed by atoms with Gasteiger partial charge in [-0.05, 0) is 18.9 Å². The Balaban J connectivity index is 2.49. The second kappa shape index (κ2) is 3.99. The second-order valence-electron chi connectivity index (χ2n) is 4.02. The van der Waals surface area contributed by atoms with Gasteiger partial charge in [-0.15, -0.1) is 0 Å². The number of hydrogen-bond donors (Lipinski definition) is 1. The van der Waals surface area contributed by atoms with Gasteiger partial charge in [-0.25, -0.2) is 4.98 Å². The van der Waals surface area contributed by atoms with Crippen molar-refractivity contribution in [2.75, 3.05) is 13.7 Å². The molecule has 0 saturated heterocycles. The summed E-state index contributed by atoms with van der Waals surface area (Å²) in [5, 5.41) is 0.715. The standard InChI is InChI=1S/C11H15ClN2O/c1-15-10-9(8(12)3-6-14-10)11(7-13)4-2-5-11/h3,6H,2,4-5,7,13H2,1H3. The van der Waals surface area contributed by atoms with Crippen molar-refractivity contribution in [3.05, 3.63) is 22.8 Å². The molecule has 0 unspecified atom stereocenters. The van der Waals surface area contributed by atoms with Gasteiger partial charge >= 0.3 is 0 Å². The lowest BCUT2D eigenvalue weighted by atomic mass is 9.64. The third kappa shape index (κ3) is 1.60. The zero-order valence-electron chi connectivity index (χ0n) is 8.79. The predicted octanol–water partition coefficient (Wildman–Crippen LogP) is 2.12. The minimum absolute atomic E-state index is 0.00329. The summed E-state index contributed by atoms with van der Waals surface area (Å²) in [6.07, 6.45) is 5.01. The normalized spacial score (nSPS) is 18.3. The van der Waals surface area contributed by atoms with Crippen molar-refractivity contribution in [3.63, 3.8) is 0 Å². The van der Waals surface area contributed by atoms with Gasteiger partial charge in [-0.1, -0.05) is 18.0 Å². The van der Waals surface area contributed by atoms with Crippen LogP contribution in [0, 0.1) is 0 Å². The van der Waals surface area contributed by atoms with Crippen LogP contribution in [-0.4, -0.2) is 18.6 Å². The van der Waals surface area contributed by atoms with Gasteiger partial charge in [0.2, 0.25) is 5.88 Å². The molecule has 0 aliphatic heterocycles. The van der Waals surface area contributed by atoms with Gasteiger partial charge in [0.25, 0.3) is 0 Å². The Morgan fingerprint density at radius 3 is 2.80 bits per heavy atom. The molecule has 1 fully saturated rings. The highest BCUT2D eigenvalue weighted by atomic mass is 35.5. The summed E-state index contributed by atoms with van der Waals surface area (Å²) in [4.78, 5) is 4.19. The molecule has 2 N–H and O–H groups in total. The number of rotatable bonds is 3. The van der Waals surface area contributed by atoms with Crippen LogP contribution in [0.2, 0.25) is 5.02 Å². The second-order valence-corrected chi connectivity index (χ2v) is 4.42. The highest BCUT2D eigenvalue weighted by molar-refractivity contribution is 6.31. The average molecular weight is 227 g/mol. The van der Waals surface area contributed by atoms with E-state index in [0.29, 0.717) is 17.4 Å². The molecule has 0 radical (unpaired) electrons. The van der Waals surface area contributed by atoms with E-state index in [4.69, 9.17) is 22.1 Å². The SMILES string of the molecule is COc1nccc(Cl)c1C1(CN)CCC1. The summed E-state index contributed by atoms with van der Waals surface area (Å²) in [7, 11) is 1.62. The fourth-order valence-corrected chi connectivity index (χ4v) is 2.55. The molecule has 3 nitrogen and oxygen atoms in total. The fourth-order valence-electron chi connectivity index (χ4n) is 2.22. The molecule has 15 heavy (non-hydrogen) atoms. The van der Waals surface area contributed by atoms with E-state index in [9.17, 15) is 0 Å². The van der Waals surface area contributed by atoms with Gasteiger partial charge in [0.1, 0.15) is 0 Å². The molecular formula is C11H15ClN2O. The minimum Gasteiger partial charge on any atom is -0.481 e. The number of hydrogen-bond acceptors (Lipinski definition) is 3. The maximum Gasteiger partial charge on any atom is 0.218 e. The molecule has 1 aromatic heterocycles. The first kappa shape index (κ1) is 10.7. The zero-order valence-corrected chi connectivity index (χ0v) is 9.55. The smallest absolute Gasteiger partial charge is 0.218 e. The zero-order chi connectivity index (χ0) is 10.9. The molecule has 0 atom stereocenters. The van der Waals surface area contributed by atoms with E-state index in [0.717, 1.165) is 18.4 Å². The van der Waals surface area contributed by atoms with Crippen molar-refractivity contribution < 1.29 is 4.74 Å². The lowest BCUT2D eigenvalue weighted by Crippen LogP contribution is -2.42. The molecule has 0 amide bonds. The first-order chi connectivity index (χ1) is 7.23. The molecule has 1 aromatic rings. The van der Waals surface area contributed by atoms with Gasteiger partial charge in [-0.2, -0.15) is 0 Å². The minimum atomic E-state index is -0.00329. The third-order valence-corrected chi connectivity index (χ3v) is 3.61. The van der Waals surface area contributed by atoms with Gasteiger partial charge in [0.05, 0.1) is 12.1 Å². The van der Waals surface area contributed by atoms with Crippen molar-refractivity contribution in [2.24, 2.45) is 5.73 Å². The maximum absolute atomic E-state index is 6.21. The summed E-state index contributed by atoms with van der Waals surface area (Å²) >= 11 is 6.21. The molecule has 2 rings (SSSR count). The van der Waals surface area contributed by atoms with Crippen LogP contribution in [0.4, 0.5) is 0 Å². The number of methoxy groups -OCH3 is 1. The molecule has 0 aromatic carbocycles. The molecule has 1 aliphatic rings. The van der Waals surface area contributed by atoms with Crippen molar-refractivity contribution in [3.8, 4) is 5.88 Å². The van der Waals surface area contributed by atoms with Gasteiger partial charge in [0.15, 0.2) is 0 Å². The Kier molecular flexibility index (Phi) is 2.85. The highest BCUT2D eigenvalue weighted by Gasteiger charge is 2.41. The number of halogens is 1. The van der Waals surface area contributed by atoms with Gasteiger partial charge < -0.3 is 10.5 Å². The van der Waals surface area contributed by atoms with Crippen LogP contribution in [-0.2, 0) is 5.41 Å². The van der Waals surface area contributed by atoms with Crippen LogP contribution in [0.3, 0.4) is 0 Å². The van der Waals surface area contributed by atoms with Crippen LogP contribution in [0.1, 0.15) is 24.8 Å². The molecule has 82 valence electrons. The molecule has 1 saturated carbocycles. The Hall–Kier alpha value is -0.800. The Bertz CT molecular complexity index is 358. The van der Waals surface area contributed by atoms with Crippen LogP contribution < -0.4 is 10.5 Å². The number of pyridine rings is 1. The van der Waals surface area contributed by atoms with E-state index in [1.165, 1.54) is 6.42 Å². The summed E-state index contributed by atoms with van der Waals surface area (Å²) in [6, 6.07) is 1.80. The fraction of sp³-hybridized carbons (Fsp3) is 0.545. The van der Waals surface area contributed by atoms with E-state index in [1.807, 2.05) is 0 Å². The quantitative estimate of drug-likeness (QED) is 0.859. The van der Waals surface area contributed by atoms with Gasteiger partial charge in [-0.3, -0.25) is 0 Å². The highest BCUT2D eigenvalue weighted by Crippen LogP contribution is 2.48. The number of aromatic nitrogens is 1. The van der Waals surface area contributed by atoms with Crippen LogP contribution in [0.25, 0.3) is 0 Å². The summed E-state index contributed by atoms with van der Waals surface area (Å²) in [5.41, 5.74) is 6.84. The Morgan fingerprint density at radius 1 is 1.60 bits per heavy atom. The molecule has 1 heterocycles. The summed E-state index contributed by atoms with van der Waals surface area (Å²) in [6.45, 7) is 0.606. The van der Waals surface area contributed by atoms with E-state index in [2.05, 4.69) is 4.98 Å². The molecule has 0 spiro atoms. The average Bonchev–Trinajstić information content (AvgIpc) is 2.19. The third-order valence-electron chi connectivity index (χ3n) is 3.29. The van der Waals surface area contributed by atoms with Crippen molar-refractivity contribution >= 4 is 11.6 Å². The number of nitrogens with two attached hydrogens (primary N) is 1. The van der Waals surface area contributed by atoms with Crippen molar-refractivity contribution in [2.45, 2.75) is 24.7 Å². The molecule has 4 heteroatoms. The van der Waals surface area contributed by atoms with Crippen LogP contribution in [0.5, 0.6) is 5.88 Å². The number of ether oxygens (including phenoxy) is 1. The first-order valence-corrected chi connectivity index (χ1v) is 5.50. The van der Waals surface area contributed by atoms with E-state index < -0.39 is 0 Å². The molecule has 0 bridgehead atoms. The van der Waals surface area contributed by atoms with Crippen LogP contribution >= 0.6 is 11.6 Å². The van der Waals surface area contributed by atoms with Crippen LogP contribution in [0.15, 0.2) is 12.3 Å².